The summed E-state index contributed by atoms with van der Waals surface area (Å²) >= 11 is 5.07. The SMILES string of the molecule is C/C(=N\NC(=S)N(C)C)C1=NC2C=CC=NC2=N1. The van der Waals surface area contributed by atoms with E-state index in [1.807, 2.05) is 33.2 Å². The first-order valence-corrected chi connectivity index (χ1v) is 5.88. The summed E-state index contributed by atoms with van der Waals surface area (Å²) in [6.07, 6.45) is 5.52. The van der Waals surface area contributed by atoms with Gasteiger partial charge in [0, 0.05) is 20.3 Å². The highest BCUT2D eigenvalue weighted by atomic mass is 32.1. The minimum absolute atomic E-state index is 0.0732. The fourth-order valence-electron chi connectivity index (χ4n) is 1.36. The van der Waals surface area contributed by atoms with E-state index in [4.69, 9.17) is 12.2 Å². The number of dihydropyridines is 1. The summed E-state index contributed by atoms with van der Waals surface area (Å²) in [6.45, 7) is 1.83. The highest BCUT2D eigenvalue weighted by Gasteiger charge is 2.22. The molecule has 94 valence electrons. The van der Waals surface area contributed by atoms with E-state index in [0.29, 0.717) is 22.5 Å². The van der Waals surface area contributed by atoms with Crippen molar-refractivity contribution >= 4 is 40.9 Å². The van der Waals surface area contributed by atoms with Gasteiger partial charge in [0.15, 0.2) is 16.8 Å². The van der Waals surface area contributed by atoms with E-state index in [1.54, 1.807) is 11.1 Å². The fourth-order valence-corrected chi connectivity index (χ4v) is 1.40. The molecule has 18 heavy (non-hydrogen) atoms. The van der Waals surface area contributed by atoms with Crippen molar-refractivity contribution in [1.29, 1.82) is 0 Å². The van der Waals surface area contributed by atoms with Crippen molar-refractivity contribution in [2.45, 2.75) is 13.0 Å². The van der Waals surface area contributed by atoms with Crippen molar-refractivity contribution in [3.63, 3.8) is 0 Å². The summed E-state index contributed by atoms with van der Waals surface area (Å²) in [7, 11) is 3.70. The number of nitrogens with one attached hydrogen (secondary N) is 1. The zero-order chi connectivity index (χ0) is 13.1. The number of hydrazone groups is 1. The number of aliphatic imine (C=N–C) groups is 3. The molecule has 0 aromatic rings. The number of hydrogen-bond acceptors (Lipinski definition) is 5. The van der Waals surface area contributed by atoms with E-state index in [2.05, 4.69) is 25.5 Å². The lowest BCUT2D eigenvalue weighted by molar-refractivity contribution is 0.606. The van der Waals surface area contributed by atoms with Crippen molar-refractivity contribution in [1.82, 2.24) is 10.3 Å². The second-order valence-electron chi connectivity index (χ2n) is 4.04. The van der Waals surface area contributed by atoms with E-state index < -0.39 is 0 Å². The van der Waals surface area contributed by atoms with Gasteiger partial charge in [0.1, 0.15) is 11.8 Å². The van der Waals surface area contributed by atoms with Crippen LogP contribution in [-0.2, 0) is 0 Å². The molecule has 0 fully saturated rings. The summed E-state index contributed by atoms with van der Waals surface area (Å²) in [5.41, 5.74) is 3.46. The van der Waals surface area contributed by atoms with Crippen LogP contribution in [0.1, 0.15) is 6.92 Å². The normalized spacial score (nSPS) is 21.3. The van der Waals surface area contributed by atoms with Crippen LogP contribution in [0.2, 0.25) is 0 Å². The fraction of sp³-hybridized carbons (Fsp3) is 0.364. The smallest absolute Gasteiger partial charge is 0.189 e. The van der Waals surface area contributed by atoms with Crippen LogP contribution in [0.4, 0.5) is 0 Å². The van der Waals surface area contributed by atoms with Gasteiger partial charge in [-0.2, -0.15) is 5.10 Å². The predicted molar refractivity (Wildman–Crippen MR) is 78.8 cm³/mol. The van der Waals surface area contributed by atoms with Crippen LogP contribution in [0.5, 0.6) is 0 Å². The van der Waals surface area contributed by atoms with E-state index >= 15 is 0 Å². The predicted octanol–water partition coefficient (Wildman–Crippen LogP) is 0.618. The molecule has 2 rings (SSSR count). The molecule has 0 saturated heterocycles. The van der Waals surface area contributed by atoms with Gasteiger partial charge in [-0.25, -0.2) is 15.0 Å². The second-order valence-corrected chi connectivity index (χ2v) is 4.43. The van der Waals surface area contributed by atoms with Crippen molar-refractivity contribution in [3.8, 4) is 0 Å². The average molecular weight is 262 g/mol. The Labute approximate surface area is 111 Å². The molecular weight excluding hydrogens is 248 g/mol. The van der Waals surface area contributed by atoms with Crippen LogP contribution in [-0.4, -0.2) is 53.7 Å². The number of hydrogen-bond donors (Lipinski definition) is 1. The van der Waals surface area contributed by atoms with Crippen LogP contribution in [0, 0.1) is 0 Å². The van der Waals surface area contributed by atoms with E-state index in [0.717, 1.165) is 0 Å². The van der Waals surface area contributed by atoms with Crippen LogP contribution in [0.3, 0.4) is 0 Å². The van der Waals surface area contributed by atoms with Crippen molar-refractivity contribution in [2.24, 2.45) is 20.1 Å². The molecule has 2 aliphatic heterocycles. The lowest BCUT2D eigenvalue weighted by atomic mass is 10.2. The van der Waals surface area contributed by atoms with E-state index in [9.17, 15) is 0 Å². The lowest BCUT2D eigenvalue weighted by Gasteiger charge is -2.12. The van der Waals surface area contributed by atoms with Gasteiger partial charge in [0.05, 0.1) is 0 Å². The molecule has 0 aromatic carbocycles. The summed E-state index contributed by atoms with van der Waals surface area (Å²) in [6, 6.07) is -0.0732. The molecule has 0 aromatic heterocycles. The van der Waals surface area contributed by atoms with Crippen LogP contribution in [0.15, 0.2) is 32.2 Å². The third-order valence-electron chi connectivity index (χ3n) is 2.38. The maximum absolute atomic E-state index is 5.07. The molecule has 0 bridgehead atoms. The van der Waals surface area contributed by atoms with Gasteiger partial charge < -0.3 is 4.90 Å². The average Bonchev–Trinajstić information content (AvgIpc) is 2.79. The molecule has 1 atom stereocenters. The Hall–Kier alpha value is -1.89. The molecule has 0 saturated carbocycles. The molecule has 0 spiro atoms. The number of fused-ring (bicyclic) bond motifs is 1. The topological polar surface area (TPSA) is 64.7 Å². The first-order chi connectivity index (χ1) is 8.58. The number of allylic oxidation sites excluding steroid dienone is 1. The monoisotopic (exact) mass is 262 g/mol. The number of thiocarbonyl (C=S) groups is 1. The van der Waals surface area contributed by atoms with E-state index in [1.165, 1.54) is 0 Å². The summed E-state index contributed by atoms with van der Waals surface area (Å²) in [5.74, 6) is 1.30. The summed E-state index contributed by atoms with van der Waals surface area (Å²) < 4.78 is 0. The van der Waals surface area contributed by atoms with Gasteiger partial charge in [-0.1, -0.05) is 6.08 Å². The third-order valence-corrected chi connectivity index (χ3v) is 2.84. The minimum atomic E-state index is -0.0732. The molecule has 6 nitrogen and oxygen atoms in total. The number of rotatable bonds is 2. The van der Waals surface area contributed by atoms with Crippen molar-refractivity contribution < 1.29 is 0 Å². The zero-order valence-corrected chi connectivity index (χ0v) is 11.3. The van der Waals surface area contributed by atoms with Gasteiger partial charge in [-0.05, 0) is 25.2 Å². The third kappa shape index (κ3) is 2.67. The highest BCUT2D eigenvalue weighted by Crippen LogP contribution is 2.12. The Kier molecular flexibility index (Phi) is 3.61. The molecule has 1 N–H and O–H groups in total. The maximum Gasteiger partial charge on any atom is 0.189 e. The summed E-state index contributed by atoms with van der Waals surface area (Å²) in [5, 5.41) is 4.69. The molecule has 0 aliphatic carbocycles. The standard InChI is InChI=1S/C11H14N6S/c1-7(15-16-11(18)17(2)3)9-13-8-5-4-6-12-10(8)14-9/h4-6,8H,1-3H3,(H,16,18)/b15-7+. The van der Waals surface area contributed by atoms with Crippen molar-refractivity contribution in [2.75, 3.05) is 14.1 Å². The molecule has 7 heteroatoms. The van der Waals surface area contributed by atoms with Crippen molar-refractivity contribution in [3.05, 3.63) is 12.2 Å². The Morgan fingerprint density at radius 3 is 2.94 bits per heavy atom. The lowest BCUT2D eigenvalue weighted by Crippen LogP contribution is -2.31. The highest BCUT2D eigenvalue weighted by molar-refractivity contribution is 7.80. The minimum Gasteiger partial charge on any atom is -0.354 e. The molecular formula is C11H14N6S. The molecule has 0 amide bonds. The molecule has 1 unspecified atom stereocenters. The van der Waals surface area contributed by atoms with Gasteiger partial charge in [0.2, 0.25) is 0 Å². The largest absolute Gasteiger partial charge is 0.354 e. The van der Waals surface area contributed by atoms with Gasteiger partial charge in [-0.3, -0.25) is 5.43 Å². The number of amidine groups is 2. The zero-order valence-electron chi connectivity index (χ0n) is 10.5. The first kappa shape index (κ1) is 12.6. The Morgan fingerprint density at radius 2 is 2.28 bits per heavy atom. The molecule has 2 aliphatic rings. The quantitative estimate of drug-likeness (QED) is 0.451. The number of nitrogens with zero attached hydrogens (tertiary/aromatic N) is 5. The Morgan fingerprint density at radius 1 is 1.50 bits per heavy atom. The maximum atomic E-state index is 5.07. The van der Waals surface area contributed by atoms with Crippen LogP contribution in [0.25, 0.3) is 0 Å². The van der Waals surface area contributed by atoms with Crippen LogP contribution >= 0.6 is 12.2 Å². The van der Waals surface area contributed by atoms with Gasteiger partial charge >= 0.3 is 0 Å². The first-order valence-electron chi connectivity index (χ1n) is 5.47. The summed E-state index contributed by atoms with van der Waals surface area (Å²) in [4.78, 5) is 14.7. The molecule has 2 heterocycles. The second kappa shape index (κ2) is 5.18. The Bertz CT molecular complexity index is 512. The molecule has 0 radical (unpaired) electrons. The van der Waals surface area contributed by atoms with Gasteiger partial charge in [0.25, 0.3) is 0 Å². The van der Waals surface area contributed by atoms with Crippen LogP contribution < -0.4 is 5.43 Å². The Balaban J connectivity index is 2.07. The van der Waals surface area contributed by atoms with E-state index in [-0.39, 0.29) is 6.04 Å². The van der Waals surface area contributed by atoms with Gasteiger partial charge in [-0.15, -0.1) is 0 Å².